The van der Waals surface area contributed by atoms with Gasteiger partial charge in [-0.15, -0.1) is 0 Å². The van der Waals surface area contributed by atoms with Gasteiger partial charge < -0.3 is 14.7 Å². The van der Waals surface area contributed by atoms with Crippen molar-refractivity contribution in [2.45, 2.75) is 6.61 Å². The van der Waals surface area contributed by atoms with Crippen molar-refractivity contribution < 1.29 is 4.74 Å². The van der Waals surface area contributed by atoms with Gasteiger partial charge in [-0.25, -0.2) is 0 Å². The Kier molecular flexibility index (Phi) is 5.66. The van der Waals surface area contributed by atoms with Crippen LogP contribution in [0.2, 0.25) is 0 Å². The van der Waals surface area contributed by atoms with E-state index in [4.69, 9.17) is 4.74 Å². The zero-order chi connectivity index (χ0) is 20.8. The van der Waals surface area contributed by atoms with Crippen LogP contribution in [-0.2, 0) is 6.61 Å². The molecule has 6 heteroatoms. The third-order valence-corrected chi connectivity index (χ3v) is 4.40. The van der Waals surface area contributed by atoms with Crippen molar-refractivity contribution in [3.05, 3.63) is 127 Å². The lowest BCUT2D eigenvalue weighted by Crippen LogP contribution is -2.46. The number of nitrogens with zero attached hydrogens (tertiary/aromatic N) is 1. The van der Waals surface area contributed by atoms with Crippen LogP contribution in [0.4, 0.5) is 0 Å². The van der Waals surface area contributed by atoms with Gasteiger partial charge in [0.05, 0.1) is 11.9 Å². The van der Waals surface area contributed by atoms with Crippen molar-refractivity contribution in [2.75, 3.05) is 0 Å². The number of nitrogens with one attached hydrogen (secondary N) is 2. The number of pyridine rings is 1. The van der Waals surface area contributed by atoms with E-state index in [0.29, 0.717) is 18.1 Å². The molecule has 0 aliphatic heterocycles. The standard InChI is InChI=1S/C24H19N3O3/c28-23-21(13-17-7-3-1-4-8-17)26-24(29)22(27-23)14-19-11-12-20(15-25-19)30-16-18-9-5-2-6-10-18/h1-15H,16H2,(H,26,29)(H,27,28)/b21-13+,22-14+. The highest BCUT2D eigenvalue weighted by Crippen LogP contribution is 2.12. The normalized spacial score (nSPS) is 12.1. The lowest BCUT2D eigenvalue weighted by atomic mass is 10.2. The second-order valence-corrected chi connectivity index (χ2v) is 6.63. The van der Waals surface area contributed by atoms with Gasteiger partial charge in [0, 0.05) is 0 Å². The molecule has 0 aliphatic carbocycles. The summed E-state index contributed by atoms with van der Waals surface area (Å²) < 4.78 is 5.71. The van der Waals surface area contributed by atoms with Crippen molar-refractivity contribution in [1.29, 1.82) is 0 Å². The molecule has 2 N–H and O–H groups in total. The van der Waals surface area contributed by atoms with Crippen LogP contribution in [0.3, 0.4) is 0 Å². The Balaban J connectivity index is 1.56. The minimum atomic E-state index is -0.400. The Bertz CT molecular complexity index is 1360. The average molecular weight is 397 g/mol. The van der Waals surface area contributed by atoms with Gasteiger partial charge in [0.2, 0.25) is 0 Å². The van der Waals surface area contributed by atoms with Crippen LogP contribution in [0.1, 0.15) is 16.8 Å². The third kappa shape index (κ3) is 4.80. The topological polar surface area (TPSA) is 87.8 Å². The monoisotopic (exact) mass is 397 g/mol. The summed E-state index contributed by atoms with van der Waals surface area (Å²) in [5.41, 5.74) is 1.63. The number of ether oxygens (including phenoxy) is 1. The van der Waals surface area contributed by atoms with Crippen molar-refractivity contribution in [3.8, 4) is 5.75 Å². The predicted molar refractivity (Wildman–Crippen MR) is 116 cm³/mol. The second-order valence-electron chi connectivity index (χ2n) is 6.63. The first kappa shape index (κ1) is 19.1. The van der Waals surface area contributed by atoms with Crippen molar-refractivity contribution in [2.24, 2.45) is 0 Å². The number of hydrogen-bond acceptors (Lipinski definition) is 4. The van der Waals surface area contributed by atoms with Crippen LogP contribution in [0.15, 0.2) is 88.6 Å². The largest absolute Gasteiger partial charge is 0.487 e. The Morgan fingerprint density at radius 2 is 1.40 bits per heavy atom. The van der Waals surface area contributed by atoms with Gasteiger partial charge in [-0.05, 0) is 35.4 Å². The highest BCUT2D eigenvalue weighted by atomic mass is 16.5. The quantitative estimate of drug-likeness (QED) is 0.537. The summed E-state index contributed by atoms with van der Waals surface area (Å²) in [6, 6.07) is 22.6. The maximum absolute atomic E-state index is 12.4. The maximum Gasteiger partial charge on any atom is 0.272 e. The lowest BCUT2D eigenvalue weighted by Gasteiger charge is -2.05. The van der Waals surface area contributed by atoms with E-state index in [9.17, 15) is 9.59 Å². The minimum absolute atomic E-state index is 0.135. The molecule has 0 saturated heterocycles. The van der Waals surface area contributed by atoms with Crippen LogP contribution in [0, 0.1) is 0 Å². The smallest absolute Gasteiger partial charge is 0.272 e. The molecule has 0 amide bonds. The van der Waals surface area contributed by atoms with Crippen molar-refractivity contribution in [3.63, 3.8) is 0 Å². The molecule has 0 radical (unpaired) electrons. The van der Waals surface area contributed by atoms with Crippen molar-refractivity contribution in [1.82, 2.24) is 15.0 Å². The summed E-state index contributed by atoms with van der Waals surface area (Å²) in [5.74, 6) is 0.617. The van der Waals surface area contributed by atoms with E-state index >= 15 is 0 Å². The number of aromatic amines is 2. The van der Waals surface area contributed by atoms with Crippen LogP contribution in [0.5, 0.6) is 5.75 Å². The first-order valence-electron chi connectivity index (χ1n) is 9.41. The summed E-state index contributed by atoms with van der Waals surface area (Å²) in [4.78, 5) is 34.3. The molecule has 148 valence electrons. The fraction of sp³-hybridized carbons (Fsp3) is 0.0417. The second kappa shape index (κ2) is 8.87. The lowest BCUT2D eigenvalue weighted by molar-refractivity contribution is 0.305. The number of H-pyrrole nitrogens is 2. The number of benzene rings is 2. The van der Waals surface area contributed by atoms with E-state index in [1.807, 2.05) is 60.7 Å². The van der Waals surface area contributed by atoms with Gasteiger partial charge >= 0.3 is 0 Å². The van der Waals surface area contributed by atoms with E-state index < -0.39 is 5.56 Å². The fourth-order valence-corrected chi connectivity index (χ4v) is 2.86. The Morgan fingerprint density at radius 1 is 0.767 bits per heavy atom. The summed E-state index contributed by atoms with van der Waals surface area (Å²) >= 11 is 0. The van der Waals surface area contributed by atoms with Gasteiger partial charge in [-0.2, -0.15) is 0 Å². The predicted octanol–water partition coefficient (Wildman–Crippen LogP) is 1.69. The summed E-state index contributed by atoms with van der Waals surface area (Å²) in [6.07, 6.45) is 4.73. The average Bonchev–Trinajstić information content (AvgIpc) is 2.78. The molecule has 0 saturated carbocycles. The van der Waals surface area contributed by atoms with Crippen LogP contribution in [0.25, 0.3) is 12.2 Å². The molecule has 0 spiro atoms. The zero-order valence-corrected chi connectivity index (χ0v) is 16.0. The van der Waals surface area contributed by atoms with Gasteiger partial charge in [0.25, 0.3) is 11.1 Å². The highest BCUT2D eigenvalue weighted by molar-refractivity contribution is 5.48. The molecule has 0 unspecified atom stereocenters. The van der Waals surface area contributed by atoms with Gasteiger partial charge in [-0.3, -0.25) is 14.6 Å². The molecular formula is C24H19N3O3. The molecule has 4 rings (SSSR count). The Morgan fingerprint density at radius 3 is 2.03 bits per heavy atom. The first-order valence-corrected chi connectivity index (χ1v) is 9.41. The molecular weight excluding hydrogens is 378 g/mol. The van der Waals surface area contributed by atoms with E-state index in [0.717, 1.165) is 11.1 Å². The van der Waals surface area contributed by atoms with Crippen LogP contribution < -0.4 is 26.6 Å². The van der Waals surface area contributed by atoms with E-state index in [2.05, 4.69) is 15.0 Å². The molecule has 0 aliphatic rings. The van der Waals surface area contributed by atoms with E-state index in [1.165, 1.54) is 6.08 Å². The molecule has 0 atom stereocenters. The minimum Gasteiger partial charge on any atom is -0.487 e. The van der Waals surface area contributed by atoms with Crippen molar-refractivity contribution >= 4 is 12.2 Å². The molecule has 30 heavy (non-hydrogen) atoms. The van der Waals surface area contributed by atoms with Crippen LogP contribution in [-0.4, -0.2) is 15.0 Å². The van der Waals surface area contributed by atoms with Crippen LogP contribution >= 0.6 is 0 Å². The molecule has 2 heterocycles. The highest BCUT2D eigenvalue weighted by Gasteiger charge is 2.00. The zero-order valence-electron chi connectivity index (χ0n) is 16.0. The molecule has 0 fully saturated rings. The molecule has 6 nitrogen and oxygen atoms in total. The number of aromatic nitrogens is 3. The van der Waals surface area contributed by atoms with E-state index in [1.54, 1.807) is 24.4 Å². The summed E-state index contributed by atoms with van der Waals surface area (Å²) in [5, 5.41) is 0.330. The molecule has 4 aromatic rings. The molecule has 2 aromatic carbocycles. The van der Waals surface area contributed by atoms with Gasteiger partial charge in [-0.1, -0.05) is 60.7 Å². The number of hydrogen-bond donors (Lipinski definition) is 2. The summed E-state index contributed by atoms with van der Waals surface area (Å²) in [6.45, 7) is 0.442. The molecule has 2 aromatic heterocycles. The number of rotatable bonds is 5. The third-order valence-electron chi connectivity index (χ3n) is 4.40. The Labute approximate surface area is 171 Å². The SMILES string of the molecule is O=c1[nH]/c(=C/c2ccc(OCc3ccccc3)cn2)c(=O)[nH]/c1=C/c1ccccc1. The van der Waals surface area contributed by atoms with Gasteiger partial charge in [0.1, 0.15) is 23.1 Å². The fourth-order valence-electron chi connectivity index (χ4n) is 2.86. The molecule has 0 bridgehead atoms. The maximum atomic E-state index is 12.4. The van der Waals surface area contributed by atoms with E-state index in [-0.39, 0.29) is 16.3 Å². The summed E-state index contributed by atoms with van der Waals surface area (Å²) in [7, 11) is 0. The first-order chi connectivity index (χ1) is 14.7. The Hall–Kier alpha value is -4.19. The van der Waals surface area contributed by atoms with Gasteiger partial charge in [0.15, 0.2) is 0 Å².